The molecular formula is C14H19N2. The second-order valence-corrected chi connectivity index (χ2v) is 4.28. The Morgan fingerprint density at radius 2 is 2.12 bits per heavy atom. The third-order valence-electron chi connectivity index (χ3n) is 3.00. The summed E-state index contributed by atoms with van der Waals surface area (Å²) < 4.78 is 0. The highest BCUT2D eigenvalue weighted by Gasteiger charge is 2.14. The maximum Gasteiger partial charge on any atom is 0.0705 e. The first-order valence-corrected chi connectivity index (χ1v) is 6.08. The molecule has 0 saturated heterocycles. The van der Waals surface area contributed by atoms with Crippen LogP contribution in [0.25, 0.3) is 5.57 Å². The van der Waals surface area contributed by atoms with E-state index in [2.05, 4.69) is 30.4 Å². The minimum atomic E-state index is 0.694. The van der Waals surface area contributed by atoms with E-state index < -0.39 is 0 Å². The minimum absolute atomic E-state index is 0.694. The second kappa shape index (κ2) is 5.17. The molecule has 2 nitrogen and oxygen atoms in total. The van der Waals surface area contributed by atoms with E-state index >= 15 is 0 Å². The van der Waals surface area contributed by atoms with Crippen molar-refractivity contribution in [1.29, 1.82) is 0 Å². The normalized spacial score (nSPS) is 13.2. The lowest BCUT2D eigenvalue weighted by Gasteiger charge is -2.06. The van der Waals surface area contributed by atoms with Crippen molar-refractivity contribution in [2.75, 3.05) is 6.54 Å². The molecule has 0 saturated carbocycles. The molecule has 0 unspecified atom stereocenters. The molecule has 0 fully saturated rings. The van der Waals surface area contributed by atoms with Gasteiger partial charge in [0.2, 0.25) is 0 Å². The molecule has 2 rings (SSSR count). The van der Waals surface area contributed by atoms with Crippen molar-refractivity contribution in [3.63, 3.8) is 0 Å². The van der Waals surface area contributed by atoms with Crippen LogP contribution in [0.1, 0.15) is 37.3 Å². The van der Waals surface area contributed by atoms with Gasteiger partial charge in [0.25, 0.3) is 0 Å². The number of hydrogen-bond donors (Lipinski definition) is 1. The third-order valence-corrected chi connectivity index (χ3v) is 3.00. The van der Waals surface area contributed by atoms with Crippen molar-refractivity contribution in [2.45, 2.75) is 32.6 Å². The van der Waals surface area contributed by atoms with Gasteiger partial charge in [-0.3, -0.25) is 5.32 Å². The Bertz CT molecular complexity index is 394. The Balaban J connectivity index is 2.17. The second-order valence-electron chi connectivity index (χ2n) is 4.28. The highest BCUT2D eigenvalue weighted by atomic mass is 14.9. The van der Waals surface area contributed by atoms with E-state index in [1.54, 1.807) is 0 Å². The van der Waals surface area contributed by atoms with Gasteiger partial charge >= 0.3 is 0 Å². The fraction of sp³-hybridized carbons (Fsp3) is 0.429. The maximum atomic E-state index is 5.60. The molecule has 1 aliphatic heterocycles. The van der Waals surface area contributed by atoms with Crippen molar-refractivity contribution in [2.24, 2.45) is 5.73 Å². The Morgan fingerprint density at radius 1 is 1.25 bits per heavy atom. The number of hydrogen-bond acceptors (Lipinski definition) is 1. The molecule has 0 spiro atoms. The van der Waals surface area contributed by atoms with Crippen molar-refractivity contribution < 1.29 is 0 Å². The van der Waals surface area contributed by atoms with Gasteiger partial charge in [0.15, 0.2) is 0 Å². The zero-order valence-electron chi connectivity index (χ0n) is 9.87. The Hall–Kier alpha value is -1.28. The van der Waals surface area contributed by atoms with Crippen LogP contribution in [-0.2, 0) is 6.42 Å². The van der Waals surface area contributed by atoms with E-state index in [-0.39, 0.29) is 0 Å². The summed E-state index contributed by atoms with van der Waals surface area (Å²) in [6.45, 7) is 2.92. The zero-order valence-corrected chi connectivity index (χ0v) is 9.87. The van der Waals surface area contributed by atoms with Gasteiger partial charge in [0.05, 0.1) is 5.69 Å². The monoisotopic (exact) mass is 215 g/mol. The number of unbranched alkanes of at least 4 members (excludes halogenated alkanes) is 1. The summed E-state index contributed by atoms with van der Waals surface area (Å²) in [6.07, 6.45) is 6.55. The minimum Gasteiger partial charge on any atom is -0.330 e. The van der Waals surface area contributed by atoms with Crippen molar-refractivity contribution in [3.05, 3.63) is 35.5 Å². The third kappa shape index (κ3) is 2.27. The number of nitrogens with zero attached hydrogens (tertiary/aromatic N) is 1. The molecule has 1 aromatic carbocycles. The van der Waals surface area contributed by atoms with Gasteiger partial charge in [0.1, 0.15) is 0 Å². The fourth-order valence-electron chi connectivity index (χ4n) is 2.06. The zero-order chi connectivity index (χ0) is 11.4. The molecular weight excluding hydrogens is 196 g/mol. The molecule has 0 bridgehead atoms. The fourth-order valence-corrected chi connectivity index (χ4v) is 2.06. The van der Waals surface area contributed by atoms with Crippen molar-refractivity contribution >= 4 is 11.3 Å². The van der Waals surface area contributed by atoms with E-state index in [4.69, 9.17) is 5.73 Å². The number of aryl methyl sites for hydroxylation is 1. The van der Waals surface area contributed by atoms with Crippen LogP contribution in [0, 0.1) is 0 Å². The van der Waals surface area contributed by atoms with Crippen LogP contribution >= 0.6 is 0 Å². The van der Waals surface area contributed by atoms with Gasteiger partial charge in [-0.15, -0.1) is 0 Å². The van der Waals surface area contributed by atoms with E-state index in [0.717, 1.165) is 12.1 Å². The number of rotatable bonds is 5. The largest absolute Gasteiger partial charge is 0.330 e. The van der Waals surface area contributed by atoms with Crippen molar-refractivity contribution in [1.82, 2.24) is 5.32 Å². The summed E-state index contributed by atoms with van der Waals surface area (Å²) in [7, 11) is 0. The molecule has 1 radical (unpaired) electrons. The molecule has 0 amide bonds. The Kier molecular flexibility index (Phi) is 3.62. The SMILES string of the molecule is CCCCc1ccc2c(c1)C(CCN)=C[N]2. The highest BCUT2D eigenvalue weighted by Crippen LogP contribution is 2.32. The summed E-state index contributed by atoms with van der Waals surface area (Å²) in [4.78, 5) is 0. The van der Waals surface area contributed by atoms with Crippen LogP contribution < -0.4 is 11.1 Å². The smallest absolute Gasteiger partial charge is 0.0705 e. The average Bonchev–Trinajstić information content (AvgIpc) is 2.70. The van der Waals surface area contributed by atoms with Gasteiger partial charge < -0.3 is 5.73 Å². The number of nitrogens with two attached hydrogens (primary N) is 1. The Morgan fingerprint density at radius 3 is 2.88 bits per heavy atom. The molecule has 85 valence electrons. The number of benzene rings is 1. The average molecular weight is 215 g/mol. The van der Waals surface area contributed by atoms with Gasteiger partial charge in [-0.1, -0.05) is 19.4 Å². The Labute approximate surface area is 97.5 Å². The molecule has 2 heteroatoms. The van der Waals surface area contributed by atoms with E-state index in [1.807, 2.05) is 6.20 Å². The van der Waals surface area contributed by atoms with Crippen LogP contribution in [0.4, 0.5) is 5.69 Å². The van der Waals surface area contributed by atoms with Gasteiger partial charge in [0, 0.05) is 11.8 Å². The van der Waals surface area contributed by atoms with Crippen LogP contribution in [0.2, 0.25) is 0 Å². The molecule has 1 heterocycles. The lowest BCUT2D eigenvalue weighted by Crippen LogP contribution is -1.99. The predicted octanol–water partition coefficient (Wildman–Crippen LogP) is 2.97. The molecule has 1 aliphatic rings. The molecule has 0 aromatic heterocycles. The van der Waals surface area contributed by atoms with Crippen LogP contribution in [-0.4, -0.2) is 6.54 Å². The standard InChI is InChI=1S/C14H19N2/c1-2-3-4-11-5-6-14-13(9-11)12(7-8-15)10-16-14/h5-6,9-10H,2-4,7-8,15H2,1H3. The lowest BCUT2D eigenvalue weighted by atomic mass is 9.99. The van der Waals surface area contributed by atoms with Crippen LogP contribution in [0.3, 0.4) is 0 Å². The summed E-state index contributed by atoms with van der Waals surface area (Å²) in [5.41, 5.74) is 10.7. The maximum absolute atomic E-state index is 5.60. The number of fused-ring (bicyclic) bond motifs is 1. The molecule has 16 heavy (non-hydrogen) atoms. The summed E-state index contributed by atoms with van der Waals surface area (Å²) >= 11 is 0. The quantitative estimate of drug-likeness (QED) is 0.806. The van der Waals surface area contributed by atoms with Gasteiger partial charge in [-0.05, 0) is 49.1 Å². The van der Waals surface area contributed by atoms with E-state index in [0.29, 0.717) is 6.54 Å². The summed E-state index contributed by atoms with van der Waals surface area (Å²) in [6, 6.07) is 6.60. The first-order valence-electron chi connectivity index (χ1n) is 6.08. The molecule has 2 N–H and O–H groups in total. The topological polar surface area (TPSA) is 40.1 Å². The first-order chi connectivity index (χ1) is 7.85. The van der Waals surface area contributed by atoms with E-state index in [1.165, 1.54) is 36.0 Å². The molecule has 1 aromatic rings. The molecule has 0 atom stereocenters. The van der Waals surface area contributed by atoms with Crippen LogP contribution in [0.15, 0.2) is 24.4 Å². The summed E-state index contributed by atoms with van der Waals surface area (Å²) in [5.74, 6) is 0. The predicted molar refractivity (Wildman–Crippen MR) is 68.5 cm³/mol. The highest BCUT2D eigenvalue weighted by molar-refractivity contribution is 5.79. The van der Waals surface area contributed by atoms with E-state index in [9.17, 15) is 0 Å². The first kappa shape index (κ1) is 11.2. The summed E-state index contributed by atoms with van der Waals surface area (Å²) in [5, 5.41) is 4.40. The van der Waals surface area contributed by atoms with Gasteiger partial charge in [-0.2, -0.15) is 0 Å². The van der Waals surface area contributed by atoms with Crippen LogP contribution in [0.5, 0.6) is 0 Å². The van der Waals surface area contributed by atoms with Gasteiger partial charge in [-0.25, -0.2) is 0 Å². The van der Waals surface area contributed by atoms with Crippen molar-refractivity contribution in [3.8, 4) is 0 Å². The lowest BCUT2D eigenvalue weighted by molar-refractivity contribution is 0.795. The molecule has 0 aliphatic carbocycles.